The Morgan fingerprint density at radius 3 is 3.06 bits per heavy atom. The van der Waals surface area contributed by atoms with E-state index in [1.165, 1.54) is 6.20 Å². The Morgan fingerprint density at radius 1 is 1.61 bits per heavy atom. The molecule has 5 heteroatoms. The lowest BCUT2D eigenvalue weighted by Crippen LogP contribution is -2.34. The highest BCUT2D eigenvalue weighted by atomic mass is 32.2. The van der Waals surface area contributed by atoms with Crippen LogP contribution in [0.1, 0.15) is 22.8 Å². The second-order valence-electron chi connectivity index (χ2n) is 3.80. The smallest absolute Gasteiger partial charge is 0.253 e. The molecule has 0 fully saturated rings. The van der Waals surface area contributed by atoms with Crippen molar-refractivity contribution in [3.63, 3.8) is 0 Å². The number of amides is 1. The zero-order valence-electron chi connectivity index (χ0n) is 10.6. The molecular formula is C13H17N3OS. The zero-order valence-corrected chi connectivity index (χ0v) is 11.4. The van der Waals surface area contributed by atoms with Crippen LogP contribution in [0.25, 0.3) is 0 Å². The first-order chi connectivity index (χ1) is 8.67. The van der Waals surface area contributed by atoms with E-state index in [1.807, 2.05) is 13.2 Å². The molecule has 0 saturated carbocycles. The third kappa shape index (κ3) is 4.78. The minimum Gasteiger partial charge on any atom is -0.349 e. The minimum atomic E-state index is -0.125. The maximum absolute atomic E-state index is 11.9. The molecule has 1 aromatic rings. The number of aromatic nitrogens is 1. The van der Waals surface area contributed by atoms with Crippen LogP contribution in [0.2, 0.25) is 0 Å². The summed E-state index contributed by atoms with van der Waals surface area (Å²) in [5.41, 5.74) is 6.52. The molecule has 0 aliphatic rings. The maximum Gasteiger partial charge on any atom is 0.253 e. The molecule has 1 aromatic heterocycles. The fraction of sp³-hybridized carbons (Fsp3) is 0.385. The van der Waals surface area contributed by atoms with Gasteiger partial charge in [0.2, 0.25) is 0 Å². The summed E-state index contributed by atoms with van der Waals surface area (Å²) in [6, 6.07) is 1.85. The van der Waals surface area contributed by atoms with E-state index >= 15 is 0 Å². The van der Waals surface area contributed by atoms with Crippen LogP contribution in [0.3, 0.4) is 0 Å². The Morgan fingerprint density at radius 2 is 2.39 bits per heavy atom. The summed E-state index contributed by atoms with van der Waals surface area (Å²) in [5, 5.41) is 2.91. The van der Waals surface area contributed by atoms with Gasteiger partial charge >= 0.3 is 0 Å². The first-order valence-corrected chi connectivity index (χ1v) is 7.00. The Labute approximate surface area is 112 Å². The van der Waals surface area contributed by atoms with Crippen LogP contribution in [0, 0.1) is 11.8 Å². The fourth-order valence-electron chi connectivity index (χ4n) is 1.38. The number of hydrogen-bond donors (Lipinski definition) is 2. The molecule has 1 unspecified atom stereocenters. The number of thioether (sulfide) groups is 1. The van der Waals surface area contributed by atoms with Gasteiger partial charge in [0.1, 0.15) is 0 Å². The molecule has 1 heterocycles. The summed E-state index contributed by atoms with van der Waals surface area (Å²) in [6.45, 7) is 2.26. The average molecular weight is 263 g/mol. The highest BCUT2D eigenvalue weighted by Crippen LogP contribution is 2.03. The van der Waals surface area contributed by atoms with Gasteiger partial charge < -0.3 is 11.1 Å². The van der Waals surface area contributed by atoms with Crippen LogP contribution in [0.4, 0.5) is 0 Å². The van der Waals surface area contributed by atoms with Gasteiger partial charge in [-0.15, -0.1) is 0 Å². The van der Waals surface area contributed by atoms with Gasteiger partial charge in [-0.1, -0.05) is 11.8 Å². The first-order valence-electron chi connectivity index (χ1n) is 5.61. The fourth-order valence-corrected chi connectivity index (χ4v) is 1.97. The predicted molar refractivity (Wildman–Crippen MR) is 75.5 cm³/mol. The number of carbonyl (C=O) groups is 1. The molecule has 0 aliphatic carbocycles. The minimum absolute atomic E-state index is 0.125. The van der Waals surface area contributed by atoms with Crippen molar-refractivity contribution in [2.45, 2.75) is 13.0 Å². The van der Waals surface area contributed by atoms with E-state index in [0.29, 0.717) is 17.7 Å². The van der Waals surface area contributed by atoms with E-state index in [0.717, 1.165) is 5.75 Å². The lowest BCUT2D eigenvalue weighted by atomic mass is 10.2. The molecule has 0 aromatic carbocycles. The second kappa shape index (κ2) is 7.75. The quantitative estimate of drug-likeness (QED) is 0.791. The van der Waals surface area contributed by atoms with Crippen molar-refractivity contribution >= 4 is 17.7 Å². The van der Waals surface area contributed by atoms with E-state index < -0.39 is 0 Å². The van der Waals surface area contributed by atoms with Crippen LogP contribution in [0.15, 0.2) is 18.5 Å². The number of hydrogen-bond acceptors (Lipinski definition) is 4. The molecule has 0 radical (unpaired) electrons. The molecule has 0 aliphatic heterocycles. The summed E-state index contributed by atoms with van der Waals surface area (Å²) in [6.07, 6.45) is 5.16. The van der Waals surface area contributed by atoms with Crippen LogP contribution >= 0.6 is 11.8 Å². The van der Waals surface area contributed by atoms with Crippen molar-refractivity contribution in [1.29, 1.82) is 0 Å². The maximum atomic E-state index is 11.9. The summed E-state index contributed by atoms with van der Waals surface area (Å²) >= 11 is 1.69. The molecule has 0 saturated heterocycles. The summed E-state index contributed by atoms with van der Waals surface area (Å²) in [5.74, 6) is 6.35. The monoisotopic (exact) mass is 263 g/mol. The molecule has 0 bridgehead atoms. The molecule has 96 valence electrons. The van der Waals surface area contributed by atoms with Gasteiger partial charge in [0, 0.05) is 29.8 Å². The van der Waals surface area contributed by atoms with Gasteiger partial charge in [0.25, 0.3) is 5.91 Å². The molecule has 1 rings (SSSR count). The van der Waals surface area contributed by atoms with Crippen molar-refractivity contribution in [2.24, 2.45) is 5.73 Å². The number of pyridine rings is 1. The summed E-state index contributed by atoms with van der Waals surface area (Å²) in [7, 11) is 0. The van der Waals surface area contributed by atoms with E-state index in [9.17, 15) is 4.79 Å². The second-order valence-corrected chi connectivity index (χ2v) is 4.71. The van der Waals surface area contributed by atoms with Crippen molar-refractivity contribution in [2.75, 3.05) is 18.6 Å². The molecule has 3 N–H and O–H groups in total. The lowest BCUT2D eigenvalue weighted by Gasteiger charge is -2.12. The molecule has 0 spiro atoms. The highest BCUT2D eigenvalue weighted by molar-refractivity contribution is 7.98. The Balaban J connectivity index is 2.74. The predicted octanol–water partition coefficient (Wildman–Crippen LogP) is 0.873. The van der Waals surface area contributed by atoms with Gasteiger partial charge in [-0.05, 0) is 19.2 Å². The van der Waals surface area contributed by atoms with Crippen LogP contribution in [0.5, 0.6) is 0 Å². The average Bonchev–Trinajstić information content (AvgIpc) is 2.37. The number of carbonyl (C=O) groups excluding carboxylic acids is 1. The number of nitrogens with one attached hydrogen (secondary N) is 1. The van der Waals surface area contributed by atoms with Gasteiger partial charge in [-0.3, -0.25) is 9.78 Å². The highest BCUT2D eigenvalue weighted by Gasteiger charge is 2.09. The third-order valence-electron chi connectivity index (χ3n) is 2.13. The van der Waals surface area contributed by atoms with E-state index in [4.69, 9.17) is 5.73 Å². The Bertz CT molecular complexity index is 465. The molecule has 18 heavy (non-hydrogen) atoms. The third-order valence-corrected chi connectivity index (χ3v) is 2.96. The molecule has 1 amide bonds. The molecular weight excluding hydrogens is 246 g/mol. The Kier molecular flexibility index (Phi) is 6.26. The van der Waals surface area contributed by atoms with Gasteiger partial charge in [-0.25, -0.2) is 0 Å². The van der Waals surface area contributed by atoms with Crippen LogP contribution in [-0.4, -0.2) is 35.5 Å². The lowest BCUT2D eigenvalue weighted by molar-refractivity contribution is 0.0943. The van der Waals surface area contributed by atoms with Gasteiger partial charge in [0.05, 0.1) is 12.1 Å². The van der Waals surface area contributed by atoms with E-state index in [-0.39, 0.29) is 11.9 Å². The Hall–Kier alpha value is -1.51. The number of rotatable bonds is 4. The first kappa shape index (κ1) is 14.6. The molecule has 1 atom stereocenters. The summed E-state index contributed by atoms with van der Waals surface area (Å²) < 4.78 is 0. The van der Waals surface area contributed by atoms with E-state index in [1.54, 1.807) is 24.0 Å². The van der Waals surface area contributed by atoms with Gasteiger partial charge in [-0.2, -0.15) is 11.8 Å². The van der Waals surface area contributed by atoms with Crippen molar-refractivity contribution in [3.05, 3.63) is 29.6 Å². The summed E-state index contributed by atoms with van der Waals surface area (Å²) in [4.78, 5) is 15.9. The van der Waals surface area contributed by atoms with Crippen LogP contribution < -0.4 is 11.1 Å². The standard InChI is InChI=1S/C13H17N3OS/c1-10(9-18-2)16-13(17)12-6-11(4-3-5-14)7-15-8-12/h6-8,10H,5,9,14H2,1-2H3,(H,16,17). The molecule has 4 nitrogen and oxygen atoms in total. The van der Waals surface area contributed by atoms with Crippen LogP contribution in [-0.2, 0) is 0 Å². The SMILES string of the molecule is CSCC(C)NC(=O)c1cncc(C#CCN)c1. The zero-order chi connectivity index (χ0) is 13.4. The van der Waals surface area contributed by atoms with Crippen molar-refractivity contribution in [3.8, 4) is 11.8 Å². The van der Waals surface area contributed by atoms with E-state index in [2.05, 4.69) is 22.1 Å². The van der Waals surface area contributed by atoms with Gasteiger partial charge in [0.15, 0.2) is 0 Å². The largest absolute Gasteiger partial charge is 0.349 e. The topological polar surface area (TPSA) is 68.0 Å². The van der Waals surface area contributed by atoms with Crippen molar-refractivity contribution < 1.29 is 4.79 Å². The number of nitrogens with two attached hydrogens (primary N) is 1. The van der Waals surface area contributed by atoms with Crippen molar-refractivity contribution in [1.82, 2.24) is 10.3 Å². The normalized spacial score (nSPS) is 11.3. The number of nitrogens with zero attached hydrogens (tertiary/aromatic N) is 1.